The Morgan fingerprint density at radius 3 is 2.53 bits per heavy atom. The molecule has 0 bridgehead atoms. The van der Waals surface area contributed by atoms with Gasteiger partial charge in [0, 0.05) is 32.4 Å². The van der Waals surface area contributed by atoms with Gasteiger partial charge in [-0.15, -0.1) is 0 Å². The number of amides is 1. The molecule has 1 aromatic carbocycles. The first kappa shape index (κ1) is 26.1. The van der Waals surface area contributed by atoms with Crippen LogP contribution in [0.5, 0.6) is 11.5 Å². The van der Waals surface area contributed by atoms with Gasteiger partial charge in [-0.25, -0.2) is 0 Å². The zero-order valence-electron chi connectivity index (χ0n) is 18.7. The summed E-state index contributed by atoms with van der Waals surface area (Å²) < 4.78 is 21.3. The number of hydrogen-bond acceptors (Lipinski definition) is 8. The van der Waals surface area contributed by atoms with E-state index in [4.69, 9.17) is 23.8 Å². The predicted molar refractivity (Wildman–Crippen MR) is 112 cm³/mol. The summed E-state index contributed by atoms with van der Waals surface area (Å²) in [6.07, 6.45) is 0.136. The van der Waals surface area contributed by atoms with Crippen LogP contribution in [0.15, 0.2) is 18.2 Å². The molecule has 1 atom stereocenters. The molecule has 30 heavy (non-hydrogen) atoms. The summed E-state index contributed by atoms with van der Waals surface area (Å²) in [7, 11) is 4.50. The summed E-state index contributed by atoms with van der Waals surface area (Å²) in [6.45, 7) is 5.21. The Hall–Kier alpha value is -1.91. The lowest BCUT2D eigenvalue weighted by Gasteiger charge is -2.27. The van der Waals surface area contributed by atoms with Crippen molar-refractivity contribution < 1.29 is 33.7 Å². The lowest BCUT2D eigenvalue weighted by molar-refractivity contribution is -0.152. The summed E-state index contributed by atoms with van der Waals surface area (Å²) in [6, 6.07) is 5.43. The number of rotatable bonds is 16. The Labute approximate surface area is 179 Å². The second kappa shape index (κ2) is 15.0. The van der Waals surface area contributed by atoms with Crippen LogP contribution in [0.2, 0.25) is 0 Å². The normalized spacial score (nSPS) is 12.1. The summed E-state index contributed by atoms with van der Waals surface area (Å²) in [5.41, 5.74) is 3.35. The van der Waals surface area contributed by atoms with E-state index in [0.717, 1.165) is 18.4 Å². The molecule has 172 valence electrons. The quantitative estimate of drug-likeness (QED) is 0.235. The summed E-state index contributed by atoms with van der Waals surface area (Å²) in [5.74, 6) is 1.03. The number of methoxy groups -OCH3 is 3. The Kier molecular flexibility index (Phi) is 13.0. The average molecular weight is 429 g/mol. The minimum atomic E-state index is -1.05. The molecular weight excluding hydrogens is 392 g/mol. The van der Waals surface area contributed by atoms with Crippen molar-refractivity contribution in [2.24, 2.45) is 0 Å². The molecule has 0 unspecified atom stereocenters. The zero-order chi connectivity index (χ0) is 22.4. The van der Waals surface area contributed by atoms with E-state index in [-0.39, 0.29) is 25.4 Å². The number of nitrogens with zero attached hydrogens (tertiary/aromatic N) is 1. The van der Waals surface area contributed by atoms with Gasteiger partial charge in [0.1, 0.15) is 17.7 Å². The second-order valence-electron chi connectivity index (χ2n) is 6.62. The van der Waals surface area contributed by atoms with Gasteiger partial charge in [0.05, 0.1) is 33.3 Å². The maximum Gasteiger partial charge on any atom is 0.228 e. The number of nitrogens with one attached hydrogen (secondary N) is 1. The summed E-state index contributed by atoms with van der Waals surface area (Å²) in [5, 5.41) is 10.3. The molecule has 1 rings (SSSR count). The van der Waals surface area contributed by atoms with E-state index in [2.05, 4.69) is 5.48 Å². The third kappa shape index (κ3) is 9.27. The van der Waals surface area contributed by atoms with E-state index < -0.39 is 12.5 Å². The number of carbonyl (C=O) groups excluding carboxylic acids is 1. The number of aliphatic hydroxyl groups excluding tert-OH is 1. The number of benzene rings is 1. The molecule has 0 aliphatic rings. The molecule has 0 radical (unpaired) electrons. The SMILES string of the molecule is CCCCON[C@@H](O)CN(Cc1ccc(OCC)cc1OC)C(=O)CC(OC)OC. The molecule has 1 amide bonds. The van der Waals surface area contributed by atoms with Gasteiger partial charge >= 0.3 is 0 Å². The van der Waals surface area contributed by atoms with E-state index >= 15 is 0 Å². The number of hydroxylamine groups is 1. The Balaban J connectivity index is 2.92. The van der Waals surface area contributed by atoms with Crippen molar-refractivity contribution in [2.45, 2.75) is 52.2 Å². The largest absolute Gasteiger partial charge is 0.496 e. The van der Waals surface area contributed by atoms with Crippen molar-refractivity contribution in [1.29, 1.82) is 0 Å². The lowest BCUT2D eigenvalue weighted by atomic mass is 10.1. The first-order valence-electron chi connectivity index (χ1n) is 10.2. The van der Waals surface area contributed by atoms with Crippen molar-refractivity contribution in [3.63, 3.8) is 0 Å². The molecule has 0 spiro atoms. The van der Waals surface area contributed by atoms with E-state index in [1.54, 1.807) is 13.2 Å². The summed E-state index contributed by atoms with van der Waals surface area (Å²) in [4.78, 5) is 19.6. The van der Waals surface area contributed by atoms with Crippen LogP contribution >= 0.6 is 0 Å². The van der Waals surface area contributed by atoms with Gasteiger partial charge in [-0.1, -0.05) is 13.3 Å². The molecule has 0 heterocycles. The molecule has 0 aromatic heterocycles. The predicted octanol–water partition coefficient (Wildman–Crippen LogP) is 2.07. The average Bonchev–Trinajstić information content (AvgIpc) is 2.75. The van der Waals surface area contributed by atoms with E-state index in [0.29, 0.717) is 24.7 Å². The second-order valence-corrected chi connectivity index (χ2v) is 6.62. The van der Waals surface area contributed by atoms with Crippen molar-refractivity contribution >= 4 is 5.91 Å². The van der Waals surface area contributed by atoms with Crippen molar-refractivity contribution in [3.05, 3.63) is 23.8 Å². The molecule has 0 aliphatic carbocycles. The van der Waals surface area contributed by atoms with Crippen LogP contribution in [-0.2, 0) is 25.7 Å². The first-order valence-corrected chi connectivity index (χ1v) is 10.2. The fourth-order valence-electron chi connectivity index (χ4n) is 2.72. The van der Waals surface area contributed by atoms with Gasteiger partial charge in [0.2, 0.25) is 5.91 Å². The van der Waals surface area contributed by atoms with Gasteiger partial charge in [-0.2, -0.15) is 5.48 Å². The third-order valence-electron chi connectivity index (χ3n) is 4.36. The van der Waals surface area contributed by atoms with Gasteiger partial charge in [0.25, 0.3) is 0 Å². The molecule has 0 saturated carbocycles. The summed E-state index contributed by atoms with van der Waals surface area (Å²) >= 11 is 0. The van der Waals surface area contributed by atoms with Gasteiger partial charge in [-0.05, 0) is 25.5 Å². The standard InChI is InChI=1S/C21H36N2O7/c1-6-8-11-30-22-19(24)15-23(20(25)13-21(27-4)28-5)14-16-9-10-17(29-7-2)12-18(16)26-3/h9-10,12,19,21-22,24H,6-8,11,13-15H2,1-5H3/t19-/m0/s1. The van der Waals surface area contributed by atoms with Crippen LogP contribution in [0.1, 0.15) is 38.7 Å². The van der Waals surface area contributed by atoms with E-state index in [1.165, 1.54) is 19.1 Å². The maximum absolute atomic E-state index is 12.9. The maximum atomic E-state index is 12.9. The zero-order valence-corrected chi connectivity index (χ0v) is 18.7. The fourth-order valence-corrected chi connectivity index (χ4v) is 2.72. The highest BCUT2D eigenvalue weighted by Gasteiger charge is 2.23. The molecule has 0 saturated heterocycles. The highest BCUT2D eigenvalue weighted by atomic mass is 16.7. The topological polar surface area (TPSA) is 98.7 Å². The Bertz CT molecular complexity index is 611. The van der Waals surface area contributed by atoms with Crippen LogP contribution in [0, 0.1) is 0 Å². The minimum absolute atomic E-state index is 0.00968. The molecule has 0 aliphatic heterocycles. The molecule has 0 fully saturated rings. The number of hydrogen-bond donors (Lipinski definition) is 2. The van der Waals surface area contributed by atoms with Crippen LogP contribution in [-0.4, -0.2) is 69.5 Å². The fraction of sp³-hybridized carbons (Fsp3) is 0.667. The van der Waals surface area contributed by atoms with Crippen LogP contribution < -0.4 is 15.0 Å². The highest BCUT2D eigenvalue weighted by molar-refractivity contribution is 5.76. The lowest BCUT2D eigenvalue weighted by Crippen LogP contribution is -2.44. The molecule has 2 N–H and O–H groups in total. The monoisotopic (exact) mass is 428 g/mol. The smallest absolute Gasteiger partial charge is 0.228 e. The van der Waals surface area contributed by atoms with Gasteiger partial charge in [0.15, 0.2) is 6.29 Å². The number of aliphatic hydroxyl groups is 1. The highest BCUT2D eigenvalue weighted by Crippen LogP contribution is 2.26. The minimum Gasteiger partial charge on any atom is -0.496 e. The number of ether oxygens (including phenoxy) is 4. The molecule has 9 heteroatoms. The van der Waals surface area contributed by atoms with Crippen LogP contribution in [0.25, 0.3) is 0 Å². The Morgan fingerprint density at radius 1 is 1.20 bits per heavy atom. The van der Waals surface area contributed by atoms with Gasteiger partial charge < -0.3 is 29.0 Å². The molecular formula is C21H36N2O7. The van der Waals surface area contributed by atoms with E-state index in [1.807, 2.05) is 26.0 Å². The van der Waals surface area contributed by atoms with Crippen molar-refractivity contribution in [1.82, 2.24) is 10.4 Å². The van der Waals surface area contributed by atoms with Crippen molar-refractivity contribution in [2.75, 3.05) is 41.1 Å². The van der Waals surface area contributed by atoms with E-state index in [9.17, 15) is 9.90 Å². The van der Waals surface area contributed by atoms with Gasteiger partial charge in [-0.3, -0.25) is 9.63 Å². The number of carbonyl (C=O) groups is 1. The van der Waals surface area contributed by atoms with Crippen LogP contribution in [0.3, 0.4) is 0 Å². The first-order chi connectivity index (χ1) is 14.5. The third-order valence-corrected chi connectivity index (χ3v) is 4.36. The van der Waals surface area contributed by atoms with Crippen molar-refractivity contribution in [3.8, 4) is 11.5 Å². The Morgan fingerprint density at radius 2 is 1.93 bits per heavy atom. The molecule has 9 nitrogen and oxygen atoms in total. The molecule has 1 aromatic rings. The number of unbranched alkanes of at least 4 members (excludes halogenated alkanes) is 1. The van der Waals surface area contributed by atoms with Crippen LogP contribution in [0.4, 0.5) is 0 Å².